The molecule has 39 heavy (non-hydrogen) atoms. The molecular weight excluding hydrogens is 486 g/mol. The fraction of sp³-hybridized carbons (Fsp3) is 0.188. The van der Waals surface area contributed by atoms with Gasteiger partial charge in [-0.25, -0.2) is 9.48 Å². The van der Waals surface area contributed by atoms with Gasteiger partial charge in [0, 0.05) is 11.8 Å². The number of hydrogen-bond donors (Lipinski definition) is 1. The lowest BCUT2D eigenvalue weighted by molar-refractivity contribution is 0.194. The minimum Gasteiger partial charge on any atom is -0.492 e. The predicted octanol–water partition coefficient (Wildman–Crippen LogP) is 6.82. The van der Waals surface area contributed by atoms with Crippen molar-refractivity contribution in [1.29, 1.82) is 0 Å². The van der Waals surface area contributed by atoms with Crippen molar-refractivity contribution in [2.75, 3.05) is 11.9 Å². The van der Waals surface area contributed by atoms with Gasteiger partial charge in [0.1, 0.15) is 11.6 Å². The van der Waals surface area contributed by atoms with E-state index in [1.807, 2.05) is 90.2 Å². The molecular formula is C32H31N5O2. The third-order valence-electron chi connectivity index (χ3n) is 7.13. The molecule has 5 aromatic rings. The van der Waals surface area contributed by atoms with E-state index in [0.29, 0.717) is 24.6 Å². The van der Waals surface area contributed by atoms with Crippen LogP contribution in [0.15, 0.2) is 97.2 Å². The molecule has 0 bridgehead atoms. The molecule has 0 saturated carbocycles. The number of hydrogen-bond acceptors (Lipinski definition) is 3. The van der Waals surface area contributed by atoms with Gasteiger partial charge in [0.25, 0.3) is 0 Å². The van der Waals surface area contributed by atoms with Crippen LogP contribution in [0.4, 0.5) is 10.5 Å². The lowest BCUT2D eigenvalue weighted by Gasteiger charge is -2.31. The Morgan fingerprint density at radius 1 is 0.974 bits per heavy atom. The van der Waals surface area contributed by atoms with Gasteiger partial charge in [0.2, 0.25) is 0 Å². The van der Waals surface area contributed by atoms with Crippen molar-refractivity contribution in [2.24, 2.45) is 0 Å². The van der Waals surface area contributed by atoms with Crippen molar-refractivity contribution in [3.8, 4) is 17.3 Å². The fourth-order valence-electron chi connectivity index (χ4n) is 5.38. The molecule has 6 rings (SSSR count). The molecule has 0 radical (unpaired) electrons. The lowest BCUT2D eigenvalue weighted by Crippen LogP contribution is -2.38. The van der Waals surface area contributed by atoms with E-state index >= 15 is 0 Å². The lowest BCUT2D eigenvalue weighted by atomic mass is 10.00. The number of para-hydroxylation sites is 3. The molecule has 2 aromatic heterocycles. The summed E-state index contributed by atoms with van der Waals surface area (Å²) in [5, 5.41) is 8.07. The number of benzene rings is 3. The molecule has 3 heterocycles. The number of aromatic nitrogens is 3. The van der Waals surface area contributed by atoms with Gasteiger partial charge in [-0.15, -0.1) is 0 Å². The van der Waals surface area contributed by atoms with E-state index in [9.17, 15) is 4.79 Å². The first-order chi connectivity index (χ1) is 19.0. The number of carbonyl (C=O) groups excluding carboxylic acids is 1. The highest BCUT2D eigenvalue weighted by Crippen LogP contribution is 2.39. The van der Waals surface area contributed by atoms with Crippen LogP contribution in [0.2, 0.25) is 0 Å². The summed E-state index contributed by atoms with van der Waals surface area (Å²) in [5.74, 6) is 1.59. The van der Waals surface area contributed by atoms with Crippen molar-refractivity contribution >= 4 is 11.7 Å². The molecule has 196 valence electrons. The fourth-order valence-corrected chi connectivity index (χ4v) is 5.38. The summed E-state index contributed by atoms with van der Waals surface area (Å²) < 4.78 is 9.95. The highest BCUT2D eigenvalue weighted by Gasteiger charge is 2.36. The zero-order valence-electron chi connectivity index (χ0n) is 22.3. The van der Waals surface area contributed by atoms with E-state index in [0.717, 1.165) is 39.6 Å². The summed E-state index contributed by atoms with van der Waals surface area (Å²) in [7, 11) is 0. The van der Waals surface area contributed by atoms with Crippen LogP contribution in [0.25, 0.3) is 11.5 Å². The maximum atomic E-state index is 14.2. The Kier molecular flexibility index (Phi) is 6.40. The van der Waals surface area contributed by atoms with Crippen LogP contribution in [0.3, 0.4) is 0 Å². The summed E-state index contributed by atoms with van der Waals surface area (Å²) in [6.45, 7) is 6.92. The first kappa shape index (κ1) is 24.6. The quantitative estimate of drug-likeness (QED) is 0.278. The Labute approximate surface area is 228 Å². The second-order valence-electron chi connectivity index (χ2n) is 9.74. The molecule has 0 spiro atoms. The molecule has 0 fully saturated rings. The molecule has 7 nitrogen and oxygen atoms in total. The molecule has 1 atom stereocenters. The molecule has 0 aliphatic carbocycles. The normalized spacial score (nSPS) is 14.3. The van der Waals surface area contributed by atoms with Crippen LogP contribution >= 0.6 is 0 Å². The first-order valence-corrected chi connectivity index (χ1v) is 13.2. The molecule has 0 saturated heterocycles. The molecule has 3 aromatic carbocycles. The van der Waals surface area contributed by atoms with Crippen molar-refractivity contribution in [3.63, 3.8) is 0 Å². The Bertz CT molecular complexity index is 1640. The van der Waals surface area contributed by atoms with E-state index in [1.54, 1.807) is 0 Å². The summed E-state index contributed by atoms with van der Waals surface area (Å²) in [6, 6.07) is 29.6. The van der Waals surface area contributed by atoms with Gasteiger partial charge in [0.15, 0.2) is 0 Å². The molecule has 1 N–H and O–H groups in total. The number of anilines is 1. The minimum atomic E-state index is -0.324. The average molecular weight is 518 g/mol. The van der Waals surface area contributed by atoms with Gasteiger partial charge >= 0.3 is 6.03 Å². The number of rotatable bonds is 5. The first-order valence-electron chi connectivity index (χ1n) is 13.2. The number of nitrogens with one attached hydrogen (secondary N) is 1. The van der Waals surface area contributed by atoms with Crippen LogP contribution in [0, 0.1) is 13.8 Å². The van der Waals surface area contributed by atoms with Gasteiger partial charge in [-0.05, 0) is 62.7 Å². The topological polar surface area (TPSA) is 64.3 Å². The molecule has 1 aliphatic rings. The SMILES string of the molecule is CCOc1ccccc1NC(=O)N1Cc2c(C)nn(-c3ccccc3)c2-n2cccc2[C@@H]1c1cccc(C)c1. The van der Waals surface area contributed by atoms with E-state index < -0.39 is 0 Å². The van der Waals surface area contributed by atoms with E-state index in [1.165, 1.54) is 0 Å². The summed E-state index contributed by atoms with van der Waals surface area (Å²) in [5.41, 5.74) is 6.67. The number of fused-ring (bicyclic) bond motifs is 3. The second kappa shape index (κ2) is 10.2. The number of amides is 2. The number of aryl methyl sites for hydroxylation is 2. The molecule has 2 amide bonds. The van der Waals surface area contributed by atoms with Crippen LogP contribution in [-0.4, -0.2) is 31.9 Å². The monoisotopic (exact) mass is 517 g/mol. The third-order valence-corrected chi connectivity index (χ3v) is 7.13. The number of ether oxygens (including phenoxy) is 1. The Morgan fingerprint density at radius 3 is 2.56 bits per heavy atom. The number of carbonyl (C=O) groups is 1. The third kappa shape index (κ3) is 4.46. The maximum absolute atomic E-state index is 14.2. The maximum Gasteiger partial charge on any atom is 0.323 e. The van der Waals surface area contributed by atoms with Crippen LogP contribution in [0.5, 0.6) is 5.75 Å². The zero-order chi connectivity index (χ0) is 26.9. The number of nitrogens with zero attached hydrogens (tertiary/aromatic N) is 4. The van der Waals surface area contributed by atoms with Gasteiger partial charge in [0.05, 0.1) is 42.0 Å². The standard InChI is InChI=1S/C32H31N5O2/c1-4-39-29-18-9-8-16-27(29)33-32(38)36-21-26-23(3)34-37(25-14-6-5-7-15-25)31(26)35-19-11-17-28(35)30(36)24-13-10-12-22(2)20-24/h5-20,30H,4,21H2,1-3H3,(H,33,38)/t30-/m0/s1. The average Bonchev–Trinajstić information content (AvgIpc) is 3.50. The highest BCUT2D eigenvalue weighted by atomic mass is 16.5. The Morgan fingerprint density at radius 2 is 1.77 bits per heavy atom. The smallest absolute Gasteiger partial charge is 0.323 e. The zero-order valence-corrected chi connectivity index (χ0v) is 22.3. The van der Waals surface area contributed by atoms with E-state index in [-0.39, 0.29) is 12.1 Å². The highest BCUT2D eigenvalue weighted by molar-refractivity contribution is 5.91. The Balaban J connectivity index is 1.52. The van der Waals surface area contributed by atoms with Crippen LogP contribution in [0.1, 0.15) is 41.0 Å². The second-order valence-corrected chi connectivity index (χ2v) is 9.74. The van der Waals surface area contributed by atoms with Gasteiger partial charge in [-0.2, -0.15) is 5.10 Å². The molecule has 7 heteroatoms. The predicted molar refractivity (Wildman–Crippen MR) is 153 cm³/mol. The van der Waals surface area contributed by atoms with Gasteiger partial charge in [-0.3, -0.25) is 0 Å². The van der Waals surface area contributed by atoms with E-state index in [2.05, 4.69) is 47.3 Å². The minimum absolute atomic E-state index is 0.207. The van der Waals surface area contributed by atoms with Crippen molar-refractivity contribution in [2.45, 2.75) is 33.4 Å². The van der Waals surface area contributed by atoms with Crippen LogP contribution < -0.4 is 10.1 Å². The molecule has 1 aliphatic heterocycles. The number of urea groups is 1. The van der Waals surface area contributed by atoms with Gasteiger partial charge < -0.3 is 19.5 Å². The van der Waals surface area contributed by atoms with Crippen LogP contribution in [-0.2, 0) is 6.54 Å². The van der Waals surface area contributed by atoms with Crippen molar-refractivity contribution in [1.82, 2.24) is 19.2 Å². The largest absolute Gasteiger partial charge is 0.492 e. The molecule has 0 unspecified atom stereocenters. The van der Waals surface area contributed by atoms with E-state index in [4.69, 9.17) is 9.84 Å². The van der Waals surface area contributed by atoms with Gasteiger partial charge in [-0.1, -0.05) is 60.2 Å². The summed E-state index contributed by atoms with van der Waals surface area (Å²) in [4.78, 5) is 16.1. The summed E-state index contributed by atoms with van der Waals surface area (Å²) >= 11 is 0. The van der Waals surface area contributed by atoms with Crippen molar-refractivity contribution < 1.29 is 9.53 Å². The van der Waals surface area contributed by atoms with Crippen molar-refractivity contribution in [3.05, 3.63) is 125 Å². The Hall–Kier alpha value is -4.78. The summed E-state index contributed by atoms with van der Waals surface area (Å²) in [6.07, 6.45) is 2.06.